The van der Waals surface area contributed by atoms with Crippen molar-refractivity contribution in [3.63, 3.8) is 0 Å². The summed E-state index contributed by atoms with van der Waals surface area (Å²) in [6, 6.07) is 0. The molecule has 0 unspecified atom stereocenters. The molecule has 1 N–H and O–H groups in total. The third-order valence-electron chi connectivity index (χ3n) is 2.90. The van der Waals surface area contributed by atoms with Crippen molar-refractivity contribution in [3.8, 4) is 0 Å². The lowest BCUT2D eigenvalue weighted by atomic mass is 9.91. The van der Waals surface area contributed by atoms with Gasteiger partial charge in [-0.1, -0.05) is 23.2 Å². The van der Waals surface area contributed by atoms with Crippen molar-refractivity contribution in [2.75, 3.05) is 13.1 Å². The second-order valence-electron chi connectivity index (χ2n) is 3.98. The van der Waals surface area contributed by atoms with Crippen LogP contribution in [0.1, 0.15) is 18.4 Å². The predicted molar refractivity (Wildman–Crippen MR) is 63.6 cm³/mol. The number of hydrogen-bond acceptors (Lipinski definition) is 2. The van der Waals surface area contributed by atoms with Crippen LogP contribution in [0.2, 0.25) is 10.0 Å². The molecule has 0 saturated carbocycles. The van der Waals surface area contributed by atoms with E-state index < -0.39 is 0 Å². The first-order valence-corrected chi connectivity index (χ1v) is 6.01. The molecule has 2 heterocycles. The SMILES string of the molecule is Clc1cncc(Cl)c1CC1CCNCC1. The lowest BCUT2D eigenvalue weighted by Crippen LogP contribution is -2.28. The van der Waals surface area contributed by atoms with Crippen LogP contribution in [0.25, 0.3) is 0 Å². The Morgan fingerprint density at radius 1 is 1.20 bits per heavy atom. The summed E-state index contributed by atoms with van der Waals surface area (Å²) < 4.78 is 0. The molecule has 2 rings (SSSR count). The second-order valence-corrected chi connectivity index (χ2v) is 4.79. The second kappa shape index (κ2) is 5.15. The fraction of sp³-hybridized carbons (Fsp3) is 0.545. The molecule has 2 nitrogen and oxygen atoms in total. The first kappa shape index (κ1) is 11.2. The minimum absolute atomic E-state index is 0.695. The quantitative estimate of drug-likeness (QED) is 0.866. The van der Waals surface area contributed by atoms with E-state index >= 15 is 0 Å². The summed E-state index contributed by atoms with van der Waals surface area (Å²) in [4.78, 5) is 3.96. The Morgan fingerprint density at radius 2 is 1.80 bits per heavy atom. The number of aromatic nitrogens is 1. The number of rotatable bonds is 2. The lowest BCUT2D eigenvalue weighted by molar-refractivity contribution is 0.372. The highest BCUT2D eigenvalue weighted by Crippen LogP contribution is 2.28. The first-order chi connectivity index (χ1) is 7.27. The zero-order chi connectivity index (χ0) is 10.7. The maximum absolute atomic E-state index is 6.09. The van der Waals surface area contributed by atoms with E-state index in [1.807, 2.05) is 0 Å². The first-order valence-electron chi connectivity index (χ1n) is 5.26. The van der Waals surface area contributed by atoms with E-state index in [-0.39, 0.29) is 0 Å². The smallest absolute Gasteiger partial charge is 0.0636 e. The third-order valence-corrected chi connectivity index (χ3v) is 3.56. The molecule has 15 heavy (non-hydrogen) atoms. The van der Waals surface area contributed by atoms with Gasteiger partial charge in [-0.05, 0) is 43.8 Å². The maximum Gasteiger partial charge on any atom is 0.0636 e. The summed E-state index contributed by atoms with van der Waals surface area (Å²) in [6.07, 6.45) is 6.72. The average molecular weight is 245 g/mol. The highest BCUT2D eigenvalue weighted by atomic mass is 35.5. The Kier molecular flexibility index (Phi) is 3.84. The molecule has 1 aromatic rings. The van der Waals surface area contributed by atoms with E-state index in [1.54, 1.807) is 12.4 Å². The van der Waals surface area contributed by atoms with Crippen LogP contribution in [0.15, 0.2) is 12.4 Å². The molecule has 1 aliphatic rings. The van der Waals surface area contributed by atoms with Crippen molar-refractivity contribution in [2.45, 2.75) is 19.3 Å². The summed E-state index contributed by atoms with van der Waals surface area (Å²) in [5.41, 5.74) is 1.06. The molecule has 0 radical (unpaired) electrons. The molecule has 0 spiro atoms. The Labute approximate surface area is 100.0 Å². The molecule has 1 fully saturated rings. The fourth-order valence-electron chi connectivity index (χ4n) is 2.01. The highest BCUT2D eigenvalue weighted by molar-refractivity contribution is 6.35. The van der Waals surface area contributed by atoms with Crippen molar-refractivity contribution in [3.05, 3.63) is 28.0 Å². The standard InChI is InChI=1S/C11H14Cl2N2/c12-10-6-15-7-11(13)9(10)5-8-1-3-14-4-2-8/h6-8,14H,1-5H2. The van der Waals surface area contributed by atoms with Gasteiger partial charge >= 0.3 is 0 Å². The van der Waals surface area contributed by atoms with Gasteiger partial charge in [0.1, 0.15) is 0 Å². The van der Waals surface area contributed by atoms with Crippen molar-refractivity contribution >= 4 is 23.2 Å². The molecule has 4 heteroatoms. The normalized spacial score (nSPS) is 18.0. The summed E-state index contributed by atoms with van der Waals surface area (Å²) in [7, 11) is 0. The van der Waals surface area contributed by atoms with Crippen LogP contribution in [0.5, 0.6) is 0 Å². The van der Waals surface area contributed by atoms with E-state index in [9.17, 15) is 0 Å². The number of pyridine rings is 1. The van der Waals surface area contributed by atoms with Crippen LogP contribution in [-0.4, -0.2) is 18.1 Å². The Hall–Kier alpha value is -0.310. The molecular weight excluding hydrogens is 231 g/mol. The van der Waals surface area contributed by atoms with Gasteiger partial charge in [0.15, 0.2) is 0 Å². The molecule has 0 bridgehead atoms. The maximum atomic E-state index is 6.09. The number of hydrogen-bond donors (Lipinski definition) is 1. The number of nitrogens with one attached hydrogen (secondary N) is 1. The van der Waals surface area contributed by atoms with E-state index in [0.29, 0.717) is 16.0 Å². The molecule has 82 valence electrons. The van der Waals surface area contributed by atoms with Crippen LogP contribution in [0.3, 0.4) is 0 Å². The topological polar surface area (TPSA) is 24.9 Å². The fourth-order valence-corrected chi connectivity index (χ4v) is 2.53. The highest BCUT2D eigenvalue weighted by Gasteiger charge is 2.16. The van der Waals surface area contributed by atoms with Crippen LogP contribution in [0.4, 0.5) is 0 Å². The summed E-state index contributed by atoms with van der Waals surface area (Å²) in [5, 5.41) is 4.74. The van der Waals surface area contributed by atoms with Crippen LogP contribution in [0, 0.1) is 5.92 Å². The molecule has 0 aromatic carbocycles. The van der Waals surface area contributed by atoms with E-state index in [2.05, 4.69) is 10.3 Å². The molecule has 1 saturated heterocycles. The minimum Gasteiger partial charge on any atom is -0.317 e. The third kappa shape index (κ3) is 2.83. The number of piperidine rings is 1. The lowest BCUT2D eigenvalue weighted by Gasteiger charge is -2.23. The molecular formula is C11H14Cl2N2. The van der Waals surface area contributed by atoms with Gasteiger partial charge in [0.25, 0.3) is 0 Å². The van der Waals surface area contributed by atoms with Gasteiger partial charge in [0, 0.05) is 12.4 Å². The zero-order valence-corrected chi connectivity index (χ0v) is 9.98. The molecule has 0 aliphatic carbocycles. The van der Waals surface area contributed by atoms with Crippen LogP contribution < -0.4 is 5.32 Å². The van der Waals surface area contributed by atoms with Crippen molar-refractivity contribution in [1.29, 1.82) is 0 Å². The summed E-state index contributed by atoms with van der Waals surface area (Å²) in [6.45, 7) is 2.20. The number of halogens is 2. The van der Waals surface area contributed by atoms with Crippen molar-refractivity contribution < 1.29 is 0 Å². The van der Waals surface area contributed by atoms with Crippen LogP contribution in [-0.2, 0) is 6.42 Å². The van der Waals surface area contributed by atoms with E-state index in [1.165, 1.54) is 12.8 Å². The Bertz CT molecular complexity index is 315. The summed E-state index contributed by atoms with van der Waals surface area (Å²) in [5.74, 6) is 0.698. The molecule has 0 amide bonds. The van der Waals surface area contributed by atoms with Gasteiger partial charge in [-0.25, -0.2) is 0 Å². The van der Waals surface area contributed by atoms with Gasteiger partial charge in [-0.3, -0.25) is 4.98 Å². The Balaban J connectivity index is 2.09. The van der Waals surface area contributed by atoms with Gasteiger partial charge in [-0.2, -0.15) is 0 Å². The van der Waals surface area contributed by atoms with Gasteiger partial charge < -0.3 is 5.32 Å². The molecule has 1 aromatic heterocycles. The van der Waals surface area contributed by atoms with Gasteiger partial charge in [0.2, 0.25) is 0 Å². The van der Waals surface area contributed by atoms with E-state index in [4.69, 9.17) is 23.2 Å². The molecule has 0 atom stereocenters. The predicted octanol–water partition coefficient (Wildman–Crippen LogP) is 2.93. The van der Waals surface area contributed by atoms with Crippen molar-refractivity contribution in [2.24, 2.45) is 5.92 Å². The zero-order valence-electron chi connectivity index (χ0n) is 8.47. The minimum atomic E-state index is 0.695. The number of nitrogens with zero attached hydrogens (tertiary/aromatic N) is 1. The van der Waals surface area contributed by atoms with Gasteiger partial charge in [0.05, 0.1) is 10.0 Å². The van der Waals surface area contributed by atoms with E-state index in [0.717, 1.165) is 25.1 Å². The summed E-state index contributed by atoms with van der Waals surface area (Å²) >= 11 is 12.2. The monoisotopic (exact) mass is 244 g/mol. The van der Waals surface area contributed by atoms with Crippen molar-refractivity contribution in [1.82, 2.24) is 10.3 Å². The largest absolute Gasteiger partial charge is 0.317 e. The van der Waals surface area contributed by atoms with Crippen LogP contribution >= 0.6 is 23.2 Å². The average Bonchev–Trinajstić information content (AvgIpc) is 2.25. The van der Waals surface area contributed by atoms with Gasteiger partial charge in [-0.15, -0.1) is 0 Å². The molecule has 1 aliphatic heterocycles. The Morgan fingerprint density at radius 3 is 2.40 bits per heavy atom.